The monoisotopic (exact) mass is 243 g/mol. The van der Waals surface area contributed by atoms with E-state index in [2.05, 4.69) is 9.88 Å². The smallest absolute Gasteiger partial charge is 0.123 e. The van der Waals surface area contributed by atoms with Crippen LogP contribution in [0.15, 0.2) is 41.1 Å². The summed E-state index contributed by atoms with van der Waals surface area (Å²) in [5.74, 6) is 1.60. The zero-order chi connectivity index (χ0) is 12.4. The lowest BCUT2D eigenvalue weighted by atomic mass is 10.2. The highest BCUT2D eigenvalue weighted by atomic mass is 16.3. The van der Waals surface area contributed by atoms with Gasteiger partial charge in [0.15, 0.2) is 0 Å². The van der Waals surface area contributed by atoms with Crippen LogP contribution in [0.25, 0.3) is 0 Å². The van der Waals surface area contributed by atoms with Crippen molar-refractivity contribution in [3.05, 3.63) is 48.0 Å². The van der Waals surface area contributed by atoms with Crippen LogP contribution in [0.5, 0.6) is 0 Å². The van der Waals surface area contributed by atoms with Gasteiger partial charge in [-0.15, -0.1) is 0 Å². The number of nitrogen functional groups attached to an aromatic ring is 1. The molecule has 0 spiro atoms. The van der Waals surface area contributed by atoms with Gasteiger partial charge in [0.2, 0.25) is 0 Å². The third-order valence-corrected chi connectivity index (χ3v) is 3.23. The topological polar surface area (TPSA) is 55.3 Å². The van der Waals surface area contributed by atoms with Crippen LogP contribution in [0.4, 0.5) is 5.82 Å². The van der Waals surface area contributed by atoms with Crippen LogP contribution in [-0.2, 0) is 13.1 Å². The molecule has 0 atom stereocenters. The first-order valence-electron chi connectivity index (χ1n) is 6.28. The van der Waals surface area contributed by atoms with E-state index in [1.807, 2.05) is 24.3 Å². The normalized spacial score (nSPS) is 15.2. The number of aromatic nitrogens is 1. The average molecular weight is 243 g/mol. The highest BCUT2D eigenvalue weighted by Gasteiger charge is 2.29. The van der Waals surface area contributed by atoms with E-state index in [4.69, 9.17) is 10.2 Å². The molecule has 2 aromatic heterocycles. The molecular weight excluding hydrogens is 226 g/mol. The lowest BCUT2D eigenvalue weighted by molar-refractivity contribution is 0.225. The summed E-state index contributed by atoms with van der Waals surface area (Å²) < 4.78 is 5.42. The predicted molar refractivity (Wildman–Crippen MR) is 69.6 cm³/mol. The maximum Gasteiger partial charge on any atom is 0.123 e. The first-order chi connectivity index (χ1) is 8.81. The lowest BCUT2D eigenvalue weighted by Gasteiger charge is -2.20. The maximum absolute atomic E-state index is 5.71. The Labute approximate surface area is 106 Å². The first-order valence-corrected chi connectivity index (χ1v) is 6.28. The van der Waals surface area contributed by atoms with E-state index < -0.39 is 0 Å². The summed E-state index contributed by atoms with van der Waals surface area (Å²) in [5, 5.41) is 0. The van der Waals surface area contributed by atoms with Crippen molar-refractivity contribution in [2.24, 2.45) is 0 Å². The van der Waals surface area contributed by atoms with Gasteiger partial charge in [-0.25, -0.2) is 4.98 Å². The number of nitrogens with zero attached hydrogens (tertiary/aromatic N) is 2. The van der Waals surface area contributed by atoms with Gasteiger partial charge < -0.3 is 10.2 Å². The van der Waals surface area contributed by atoms with Crippen LogP contribution >= 0.6 is 0 Å². The zero-order valence-electron chi connectivity index (χ0n) is 10.2. The Morgan fingerprint density at radius 3 is 2.89 bits per heavy atom. The van der Waals surface area contributed by atoms with E-state index in [1.165, 1.54) is 18.4 Å². The number of hydrogen-bond donors (Lipinski definition) is 1. The fourth-order valence-corrected chi connectivity index (χ4v) is 2.18. The summed E-state index contributed by atoms with van der Waals surface area (Å²) in [5.41, 5.74) is 6.92. The van der Waals surface area contributed by atoms with E-state index in [-0.39, 0.29) is 0 Å². The number of nitrogens with two attached hydrogens (primary N) is 1. The Morgan fingerprint density at radius 2 is 2.22 bits per heavy atom. The summed E-state index contributed by atoms with van der Waals surface area (Å²) in [6, 6.07) is 8.61. The Kier molecular flexibility index (Phi) is 3.02. The lowest BCUT2D eigenvalue weighted by Crippen LogP contribution is -2.24. The van der Waals surface area contributed by atoms with E-state index in [0.29, 0.717) is 11.9 Å². The van der Waals surface area contributed by atoms with Gasteiger partial charge in [-0.3, -0.25) is 4.90 Å². The largest absolute Gasteiger partial charge is 0.468 e. The summed E-state index contributed by atoms with van der Waals surface area (Å²) in [6.07, 6.45) is 6.05. The molecule has 0 unspecified atom stereocenters. The SMILES string of the molecule is Nc1cc(CN(Cc2ccco2)C2CC2)ccn1. The molecule has 2 heterocycles. The minimum atomic E-state index is 0.584. The van der Waals surface area contributed by atoms with E-state index in [1.54, 1.807) is 12.5 Å². The van der Waals surface area contributed by atoms with Crippen molar-refractivity contribution in [3.63, 3.8) is 0 Å². The average Bonchev–Trinajstić information content (AvgIpc) is 3.08. The molecule has 4 nitrogen and oxygen atoms in total. The third-order valence-electron chi connectivity index (χ3n) is 3.23. The van der Waals surface area contributed by atoms with Crippen LogP contribution in [0.2, 0.25) is 0 Å². The van der Waals surface area contributed by atoms with Crippen LogP contribution in [0, 0.1) is 0 Å². The second-order valence-electron chi connectivity index (χ2n) is 4.80. The maximum atomic E-state index is 5.71. The van der Waals surface area contributed by atoms with Crippen molar-refractivity contribution < 1.29 is 4.42 Å². The van der Waals surface area contributed by atoms with Gasteiger partial charge in [-0.1, -0.05) is 0 Å². The third kappa shape index (κ3) is 2.71. The Hall–Kier alpha value is -1.81. The van der Waals surface area contributed by atoms with Crippen molar-refractivity contribution in [1.82, 2.24) is 9.88 Å². The van der Waals surface area contributed by atoms with Crippen molar-refractivity contribution in [2.75, 3.05) is 5.73 Å². The number of furan rings is 1. The highest BCUT2D eigenvalue weighted by molar-refractivity contribution is 5.31. The van der Waals surface area contributed by atoms with Gasteiger partial charge in [0.05, 0.1) is 12.8 Å². The predicted octanol–water partition coefficient (Wildman–Crippen LogP) is 2.42. The summed E-state index contributed by atoms with van der Waals surface area (Å²) in [7, 11) is 0. The minimum Gasteiger partial charge on any atom is -0.468 e. The molecule has 2 N–H and O–H groups in total. The molecule has 0 radical (unpaired) electrons. The molecule has 94 valence electrons. The Balaban J connectivity index is 1.70. The summed E-state index contributed by atoms with van der Waals surface area (Å²) >= 11 is 0. The van der Waals surface area contributed by atoms with E-state index in [9.17, 15) is 0 Å². The minimum absolute atomic E-state index is 0.584. The zero-order valence-corrected chi connectivity index (χ0v) is 10.2. The fraction of sp³-hybridized carbons (Fsp3) is 0.357. The van der Waals surface area contributed by atoms with Crippen LogP contribution in [0.3, 0.4) is 0 Å². The summed E-state index contributed by atoms with van der Waals surface area (Å²) in [4.78, 5) is 6.46. The van der Waals surface area contributed by atoms with Crippen molar-refractivity contribution in [3.8, 4) is 0 Å². The van der Waals surface area contributed by atoms with Gasteiger partial charge in [-0.05, 0) is 42.7 Å². The van der Waals surface area contributed by atoms with Gasteiger partial charge in [0.25, 0.3) is 0 Å². The molecule has 1 aliphatic rings. The molecule has 1 fully saturated rings. The Morgan fingerprint density at radius 1 is 1.33 bits per heavy atom. The Bertz CT molecular complexity index is 506. The molecule has 2 aromatic rings. The van der Waals surface area contributed by atoms with Crippen molar-refractivity contribution in [1.29, 1.82) is 0 Å². The van der Waals surface area contributed by atoms with E-state index >= 15 is 0 Å². The molecule has 0 aromatic carbocycles. The molecule has 18 heavy (non-hydrogen) atoms. The second-order valence-corrected chi connectivity index (χ2v) is 4.80. The number of hydrogen-bond acceptors (Lipinski definition) is 4. The van der Waals surface area contributed by atoms with Crippen molar-refractivity contribution in [2.45, 2.75) is 32.0 Å². The highest BCUT2D eigenvalue weighted by Crippen LogP contribution is 2.30. The summed E-state index contributed by atoms with van der Waals surface area (Å²) in [6.45, 7) is 1.76. The second kappa shape index (κ2) is 4.82. The molecule has 1 saturated carbocycles. The fourth-order valence-electron chi connectivity index (χ4n) is 2.18. The van der Waals surface area contributed by atoms with Crippen LogP contribution < -0.4 is 5.73 Å². The molecule has 0 saturated heterocycles. The van der Waals surface area contributed by atoms with Gasteiger partial charge in [-0.2, -0.15) is 0 Å². The van der Waals surface area contributed by atoms with Gasteiger partial charge >= 0.3 is 0 Å². The van der Waals surface area contributed by atoms with Gasteiger partial charge in [0, 0.05) is 18.8 Å². The molecular formula is C14H17N3O. The van der Waals surface area contributed by atoms with Crippen molar-refractivity contribution >= 4 is 5.82 Å². The molecule has 0 amide bonds. The molecule has 4 heteroatoms. The number of anilines is 1. The van der Waals surface area contributed by atoms with Crippen LogP contribution in [0.1, 0.15) is 24.2 Å². The first kappa shape index (κ1) is 11.3. The van der Waals surface area contributed by atoms with Crippen LogP contribution in [-0.4, -0.2) is 15.9 Å². The van der Waals surface area contributed by atoms with Gasteiger partial charge in [0.1, 0.15) is 11.6 Å². The number of rotatable bonds is 5. The molecule has 0 aliphatic heterocycles. The standard InChI is InChI=1S/C14H17N3O/c15-14-8-11(5-6-16-14)9-17(12-3-4-12)10-13-2-1-7-18-13/h1-2,5-8,12H,3-4,9-10H2,(H2,15,16). The van der Waals surface area contributed by atoms with E-state index in [0.717, 1.165) is 18.8 Å². The quantitative estimate of drug-likeness (QED) is 0.876. The molecule has 3 rings (SSSR count). The number of pyridine rings is 1. The molecule has 0 bridgehead atoms. The molecule has 1 aliphatic carbocycles.